The molecule has 0 aromatic heterocycles. The second kappa shape index (κ2) is 3.29. The zero-order chi connectivity index (χ0) is 9.31. The maximum absolute atomic E-state index is 5.90. The van der Waals surface area contributed by atoms with Crippen LogP contribution >= 0.6 is 0 Å². The van der Waals surface area contributed by atoms with Crippen LogP contribution in [0.3, 0.4) is 0 Å². The molecule has 2 rings (SSSR count). The number of nitrogens with two attached hydrogens (primary N) is 1. The van der Waals surface area contributed by atoms with Crippen LogP contribution in [0.1, 0.15) is 32.6 Å². The van der Waals surface area contributed by atoms with E-state index in [4.69, 9.17) is 10.5 Å². The van der Waals surface area contributed by atoms with Crippen LogP contribution in [-0.4, -0.2) is 24.6 Å². The number of hydrogen-bond donors (Lipinski definition) is 1. The van der Waals surface area contributed by atoms with Gasteiger partial charge in [-0.25, -0.2) is 0 Å². The van der Waals surface area contributed by atoms with Gasteiger partial charge in [0.05, 0.1) is 11.4 Å². The molecule has 0 spiro atoms. The number of rotatable bonds is 2. The van der Waals surface area contributed by atoms with Crippen molar-refractivity contribution in [3.63, 3.8) is 0 Å². The van der Waals surface area contributed by atoms with E-state index in [9.17, 15) is 0 Å². The van der Waals surface area contributed by atoms with Crippen molar-refractivity contribution < 1.29 is 4.74 Å². The fourth-order valence-electron chi connectivity index (χ4n) is 1.71. The molecule has 2 N–H and O–H groups in total. The average molecular weight is 182 g/mol. The molecule has 0 atom stereocenters. The normalized spacial score (nSPS) is 28.8. The molecule has 1 heterocycles. The fraction of sp³-hybridized carbons (Fsp3) is 0.900. The molecule has 3 nitrogen and oxygen atoms in total. The van der Waals surface area contributed by atoms with Crippen molar-refractivity contribution in [3.8, 4) is 0 Å². The summed E-state index contributed by atoms with van der Waals surface area (Å²) in [7, 11) is 0. The summed E-state index contributed by atoms with van der Waals surface area (Å²) >= 11 is 0. The summed E-state index contributed by atoms with van der Waals surface area (Å²) in [5, 5.41) is 0. The molecular weight excluding hydrogens is 164 g/mol. The van der Waals surface area contributed by atoms with Crippen LogP contribution in [-0.2, 0) is 4.74 Å². The molecule has 0 bridgehead atoms. The lowest BCUT2D eigenvalue weighted by molar-refractivity contribution is 0.0601. The van der Waals surface area contributed by atoms with Gasteiger partial charge in [0.2, 0.25) is 0 Å². The van der Waals surface area contributed by atoms with E-state index in [0.717, 1.165) is 31.9 Å². The zero-order valence-electron chi connectivity index (χ0n) is 8.25. The largest absolute Gasteiger partial charge is 0.387 e. The third kappa shape index (κ3) is 2.21. The van der Waals surface area contributed by atoms with Crippen LogP contribution in [0, 0.1) is 5.92 Å². The predicted octanol–water partition coefficient (Wildman–Crippen LogP) is 1.32. The molecule has 0 aromatic rings. The van der Waals surface area contributed by atoms with Crippen LogP contribution in [0.4, 0.5) is 0 Å². The predicted molar refractivity (Wildman–Crippen MR) is 52.8 cm³/mol. The smallest absolute Gasteiger partial charge is 0.0975 e. The monoisotopic (exact) mass is 182 g/mol. The highest BCUT2D eigenvalue weighted by atomic mass is 16.5. The average Bonchev–Trinajstić information content (AvgIpc) is 2.86. The SMILES string of the molecule is CC1(N=C(N)C2CC2)CCOCC1. The molecule has 0 amide bonds. The highest BCUT2D eigenvalue weighted by molar-refractivity contribution is 5.85. The Labute approximate surface area is 79.4 Å². The molecule has 1 saturated carbocycles. The van der Waals surface area contributed by atoms with E-state index in [-0.39, 0.29) is 5.54 Å². The first-order valence-electron chi connectivity index (χ1n) is 5.13. The van der Waals surface area contributed by atoms with Crippen LogP contribution in [0.2, 0.25) is 0 Å². The van der Waals surface area contributed by atoms with Crippen LogP contribution in [0.25, 0.3) is 0 Å². The quantitative estimate of drug-likeness (QED) is 0.517. The van der Waals surface area contributed by atoms with E-state index in [1.807, 2.05) is 0 Å². The second-order valence-corrected chi connectivity index (χ2v) is 4.42. The van der Waals surface area contributed by atoms with Crippen molar-refractivity contribution in [2.24, 2.45) is 16.6 Å². The molecular formula is C10H18N2O. The molecule has 1 aliphatic heterocycles. The Balaban J connectivity index is 2.00. The van der Waals surface area contributed by atoms with Gasteiger partial charge in [-0.2, -0.15) is 0 Å². The standard InChI is InChI=1S/C10H18N2O/c1-10(4-6-13-7-5-10)12-9(11)8-2-3-8/h8H,2-7H2,1H3,(H2,11,12). The molecule has 13 heavy (non-hydrogen) atoms. The van der Waals surface area contributed by atoms with Gasteiger partial charge in [-0.15, -0.1) is 0 Å². The Hall–Kier alpha value is -0.570. The number of nitrogens with zero attached hydrogens (tertiary/aromatic N) is 1. The van der Waals surface area contributed by atoms with Gasteiger partial charge in [-0.1, -0.05) is 0 Å². The highest BCUT2D eigenvalue weighted by Crippen LogP contribution is 2.32. The molecule has 0 aromatic carbocycles. The van der Waals surface area contributed by atoms with Gasteiger partial charge in [-0.3, -0.25) is 4.99 Å². The number of amidine groups is 1. The van der Waals surface area contributed by atoms with Crippen molar-refractivity contribution in [1.82, 2.24) is 0 Å². The summed E-state index contributed by atoms with van der Waals surface area (Å²) in [5.74, 6) is 1.48. The third-order valence-electron chi connectivity index (χ3n) is 2.96. The highest BCUT2D eigenvalue weighted by Gasteiger charge is 2.31. The van der Waals surface area contributed by atoms with Gasteiger partial charge < -0.3 is 10.5 Å². The lowest BCUT2D eigenvalue weighted by Crippen LogP contribution is -2.34. The zero-order valence-corrected chi connectivity index (χ0v) is 8.25. The first-order valence-corrected chi connectivity index (χ1v) is 5.13. The number of hydrogen-bond acceptors (Lipinski definition) is 2. The molecule has 2 aliphatic rings. The summed E-state index contributed by atoms with van der Waals surface area (Å²) in [4.78, 5) is 4.64. The molecule has 0 radical (unpaired) electrons. The molecule has 1 saturated heterocycles. The van der Waals surface area contributed by atoms with E-state index in [1.54, 1.807) is 0 Å². The van der Waals surface area contributed by atoms with E-state index >= 15 is 0 Å². The van der Waals surface area contributed by atoms with Crippen LogP contribution < -0.4 is 5.73 Å². The van der Waals surface area contributed by atoms with Crippen molar-refractivity contribution in [2.45, 2.75) is 38.1 Å². The third-order valence-corrected chi connectivity index (χ3v) is 2.96. The van der Waals surface area contributed by atoms with Gasteiger partial charge in [0.15, 0.2) is 0 Å². The lowest BCUT2D eigenvalue weighted by atomic mass is 9.93. The Morgan fingerprint density at radius 2 is 2.00 bits per heavy atom. The van der Waals surface area contributed by atoms with Crippen molar-refractivity contribution in [2.75, 3.05) is 13.2 Å². The minimum atomic E-state index is 0.0604. The van der Waals surface area contributed by atoms with Gasteiger partial charge in [0.1, 0.15) is 0 Å². The maximum atomic E-state index is 5.90. The molecule has 0 unspecified atom stereocenters. The molecule has 74 valence electrons. The van der Waals surface area contributed by atoms with Crippen molar-refractivity contribution in [1.29, 1.82) is 0 Å². The number of aliphatic imine (C=N–C) groups is 1. The Morgan fingerprint density at radius 3 is 2.54 bits per heavy atom. The first-order chi connectivity index (χ1) is 6.20. The first kappa shape index (κ1) is 9.00. The van der Waals surface area contributed by atoms with Gasteiger partial charge in [-0.05, 0) is 32.6 Å². The lowest BCUT2D eigenvalue weighted by Gasteiger charge is -2.30. The summed E-state index contributed by atoms with van der Waals surface area (Å²) in [6.45, 7) is 3.85. The molecule has 2 fully saturated rings. The maximum Gasteiger partial charge on any atom is 0.0975 e. The van der Waals surface area contributed by atoms with Crippen molar-refractivity contribution >= 4 is 5.84 Å². The summed E-state index contributed by atoms with van der Waals surface area (Å²) in [6.07, 6.45) is 4.50. The van der Waals surface area contributed by atoms with E-state index in [1.165, 1.54) is 12.8 Å². The van der Waals surface area contributed by atoms with Gasteiger partial charge in [0.25, 0.3) is 0 Å². The summed E-state index contributed by atoms with van der Waals surface area (Å²) in [5.41, 5.74) is 5.96. The van der Waals surface area contributed by atoms with Gasteiger partial charge >= 0.3 is 0 Å². The van der Waals surface area contributed by atoms with E-state index < -0.39 is 0 Å². The summed E-state index contributed by atoms with van der Waals surface area (Å²) < 4.78 is 5.31. The minimum absolute atomic E-state index is 0.0604. The van der Waals surface area contributed by atoms with Crippen molar-refractivity contribution in [3.05, 3.63) is 0 Å². The van der Waals surface area contributed by atoms with E-state index in [0.29, 0.717) is 5.92 Å². The second-order valence-electron chi connectivity index (χ2n) is 4.42. The van der Waals surface area contributed by atoms with Crippen LogP contribution in [0.15, 0.2) is 4.99 Å². The fourth-order valence-corrected chi connectivity index (χ4v) is 1.71. The minimum Gasteiger partial charge on any atom is -0.387 e. The molecule has 3 heteroatoms. The topological polar surface area (TPSA) is 47.6 Å². The Bertz CT molecular complexity index is 215. The van der Waals surface area contributed by atoms with Gasteiger partial charge in [0, 0.05) is 19.1 Å². The molecule has 1 aliphatic carbocycles. The Kier molecular flexibility index (Phi) is 2.28. The van der Waals surface area contributed by atoms with E-state index in [2.05, 4.69) is 11.9 Å². The number of ether oxygens (including phenoxy) is 1. The summed E-state index contributed by atoms with van der Waals surface area (Å²) in [6, 6.07) is 0. The van der Waals surface area contributed by atoms with Crippen LogP contribution in [0.5, 0.6) is 0 Å². The Morgan fingerprint density at radius 1 is 1.38 bits per heavy atom.